The molecule has 0 aliphatic carbocycles. The van der Waals surface area contributed by atoms with Gasteiger partial charge in [-0.3, -0.25) is 0 Å². The monoisotopic (exact) mass is 365 g/mol. The van der Waals surface area contributed by atoms with Crippen molar-refractivity contribution in [1.29, 1.82) is 0 Å². The molecule has 0 unspecified atom stereocenters. The van der Waals surface area contributed by atoms with E-state index in [4.69, 9.17) is 4.98 Å². The molecular weight excluding hydrogens is 338 g/mol. The van der Waals surface area contributed by atoms with Crippen LogP contribution in [0, 0.1) is 5.41 Å². The van der Waals surface area contributed by atoms with Crippen LogP contribution in [0.3, 0.4) is 0 Å². The quantitative estimate of drug-likeness (QED) is 0.825. The minimum absolute atomic E-state index is 0.00736. The lowest BCUT2D eigenvalue weighted by molar-refractivity contribution is 0.278. The number of hydrogen-bond acceptors (Lipinski definition) is 7. The summed E-state index contributed by atoms with van der Waals surface area (Å²) in [6.45, 7) is 8.12. The fourth-order valence-corrected chi connectivity index (χ4v) is 6.07. The SMILES string of the molecule is CC1(C)CCN(c2nccc(N3CCN[C@H]4CS(=O)(=O)C[C@H]43)n2)CC1. The highest BCUT2D eigenvalue weighted by atomic mass is 32.2. The van der Waals surface area contributed by atoms with Crippen molar-refractivity contribution in [2.75, 3.05) is 47.5 Å². The van der Waals surface area contributed by atoms with Crippen molar-refractivity contribution in [2.24, 2.45) is 5.41 Å². The van der Waals surface area contributed by atoms with E-state index < -0.39 is 9.84 Å². The molecule has 1 aromatic heterocycles. The lowest BCUT2D eigenvalue weighted by atomic mass is 9.83. The van der Waals surface area contributed by atoms with Gasteiger partial charge in [0, 0.05) is 38.4 Å². The first-order chi connectivity index (χ1) is 11.8. The number of hydrogen-bond donors (Lipinski definition) is 1. The van der Waals surface area contributed by atoms with Gasteiger partial charge in [-0.15, -0.1) is 0 Å². The molecule has 3 aliphatic heterocycles. The molecule has 0 radical (unpaired) electrons. The third-order valence-corrected chi connectivity index (χ3v) is 7.52. The molecule has 0 amide bonds. The zero-order chi connectivity index (χ0) is 17.7. The van der Waals surface area contributed by atoms with E-state index in [1.807, 2.05) is 6.07 Å². The van der Waals surface area contributed by atoms with Crippen LogP contribution < -0.4 is 15.1 Å². The zero-order valence-corrected chi connectivity index (χ0v) is 15.8. The Balaban J connectivity index is 1.55. The van der Waals surface area contributed by atoms with Crippen molar-refractivity contribution in [3.05, 3.63) is 12.3 Å². The van der Waals surface area contributed by atoms with E-state index in [1.165, 1.54) is 0 Å². The Kier molecular flexibility index (Phi) is 4.15. The second-order valence-corrected chi connectivity index (χ2v) is 10.4. The summed E-state index contributed by atoms with van der Waals surface area (Å²) in [5.41, 5.74) is 0.387. The second-order valence-electron chi connectivity index (χ2n) is 8.26. The van der Waals surface area contributed by atoms with Crippen LogP contribution in [0.4, 0.5) is 11.8 Å². The number of nitrogens with one attached hydrogen (secondary N) is 1. The lowest BCUT2D eigenvalue weighted by Gasteiger charge is -2.39. The molecule has 3 aliphatic rings. The van der Waals surface area contributed by atoms with Crippen LogP contribution in [0.25, 0.3) is 0 Å². The fourth-order valence-electron chi connectivity index (χ4n) is 4.12. The number of sulfone groups is 1. The summed E-state index contributed by atoms with van der Waals surface area (Å²) in [5, 5.41) is 3.35. The van der Waals surface area contributed by atoms with Crippen LogP contribution in [0.2, 0.25) is 0 Å². The zero-order valence-electron chi connectivity index (χ0n) is 15.0. The summed E-state index contributed by atoms with van der Waals surface area (Å²) >= 11 is 0. The number of anilines is 2. The molecule has 0 saturated carbocycles. The lowest BCUT2D eigenvalue weighted by Crippen LogP contribution is -2.57. The van der Waals surface area contributed by atoms with Gasteiger partial charge < -0.3 is 15.1 Å². The summed E-state index contributed by atoms with van der Waals surface area (Å²) < 4.78 is 24.1. The minimum atomic E-state index is -2.97. The maximum atomic E-state index is 12.0. The van der Waals surface area contributed by atoms with Crippen molar-refractivity contribution in [1.82, 2.24) is 15.3 Å². The van der Waals surface area contributed by atoms with E-state index >= 15 is 0 Å². The first-order valence-electron chi connectivity index (χ1n) is 9.11. The van der Waals surface area contributed by atoms with Gasteiger partial charge in [0.1, 0.15) is 5.82 Å². The van der Waals surface area contributed by atoms with Crippen LogP contribution in [0.5, 0.6) is 0 Å². The number of piperidine rings is 1. The fraction of sp³-hybridized carbons (Fsp3) is 0.765. The minimum Gasteiger partial charge on any atom is -0.350 e. The summed E-state index contributed by atoms with van der Waals surface area (Å²) in [4.78, 5) is 13.7. The summed E-state index contributed by atoms with van der Waals surface area (Å²) in [5.74, 6) is 2.06. The maximum absolute atomic E-state index is 12.0. The predicted molar refractivity (Wildman–Crippen MR) is 98.8 cm³/mol. The Morgan fingerprint density at radius 1 is 1.20 bits per heavy atom. The first kappa shape index (κ1) is 17.0. The van der Waals surface area contributed by atoms with Gasteiger partial charge in [-0.2, -0.15) is 4.98 Å². The molecular formula is C17H27N5O2S. The van der Waals surface area contributed by atoms with Crippen LogP contribution in [0.1, 0.15) is 26.7 Å². The Labute approximate surface area is 149 Å². The summed E-state index contributed by atoms with van der Waals surface area (Å²) in [6, 6.07) is 1.89. The third-order valence-electron chi connectivity index (χ3n) is 5.80. The van der Waals surface area contributed by atoms with Crippen LogP contribution in [-0.2, 0) is 9.84 Å². The highest BCUT2D eigenvalue weighted by Crippen LogP contribution is 2.32. The third kappa shape index (κ3) is 3.46. The molecule has 4 rings (SSSR count). The van der Waals surface area contributed by atoms with Crippen molar-refractivity contribution in [2.45, 2.75) is 38.8 Å². The van der Waals surface area contributed by atoms with Gasteiger partial charge >= 0.3 is 0 Å². The van der Waals surface area contributed by atoms with Crippen LogP contribution in [0.15, 0.2) is 12.3 Å². The number of aromatic nitrogens is 2. The van der Waals surface area contributed by atoms with E-state index in [9.17, 15) is 8.42 Å². The van der Waals surface area contributed by atoms with Crippen molar-refractivity contribution in [3.63, 3.8) is 0 Å². The summed E-state index contributed by atoms with van der Waals surface area (Å²) in [6.07, 6.45) is 4.08. The van der Waals surface area contributed by atoms with Crippen molar-refractivity contribution < 1.29 is 8.42 Å². The van der Waals surface area contributed by atoms with Gasteiger partial charge in [0.2, 0.25) is 5.95 Å². The smallest absolute Gasteiger partial charge is 0.227 e. The molecule has 3 fully saturated rings. The molecule has 4 heterocycles. The molecule has 138 valence electrons. The van der Waals surface area contributed by atoms with E-state index in [2.05, 4.69) is 33.9 Å². The number of piperazine rings is 1. The van der Waals surface area contributed by atoms with E-state index in [0.29, 0.717) is 5.41 Å². The van der Waals surface area contributed by atoms with Gasteiger partial charge in [-0.1, -0.05) is 13.8 Å². The van der Waals surface area contributed by atoms with Gasteiger partial charge in [-0.25, -0.2) is 13.4 Å². The Bertz CT molecular complexity index is 741. The largest absolute Gasteiger partial charge is 0.350 e. The van der Waals surface area contributed by atoms with Gasteiger partial charge in [0.25, 0.3) is 0 Å². The highest BCUT2D eigenvalue weighted by molar-refractivity contribution is 7.91. The molecule has 25 heavy (non-hydrogen) atoms. The molecule has 0 aromatic carbocycles. The highest BCUT2D eigenvalue weighted by Gasteiger charge is 2.43. The first-order valence-corrected chi connectivity index (χ1v) is 10.9. The Hall–Kier alpha value is -1.41. The number of fused-ring (bicyclic) bond motifs is 1. The predicted octanol–water partition coefficient (Wildman–Crippen LogP) is 0.678. The van der Waals surface area contributed by atoms with Gasteiger partial charge in [0.15, 0.2) is 9.84 Å². The molecule has 3 saturated heterocycles. The molecule has 0 bridgehead atoms. The van der Waals surface area contributed by atoms with Gasteiger partial charge in [-0.05, 0) is 24.3 Å². The standard InChI is InChI=1S/C17H27N5O2S/c1-17(2)4-8-21(9-5-17)16-19-6-3-15(20-16)22-10-7-18-13-11-25(23,24)12-14(13)22/h3,6,13-14,18H,4-5,7-12H2,1-2H3/t13-,14+/m0/s1. The average molecular weight is 366 g/mol. The van der Waals surface area contributed by atoms with E-state index in [1.54, 1.807) is 6.20 Å². The normalized spacial score (nSPS) is 31.0. The van der Waals surface area contributed by atoms with Gasteiger partial charge in [0.05, 0.1) is 17.5 Å². The van der Waals surface area contributed by atoms with Crippen LogP contribution >= 0.6 is 0 Å². The molecule has 2 atom stereocenters. The molecule has 0 spiro atoms. The molecule has 1 aromatic rings. The Morgan fingerprint density at radius 3 is 2.72 bits per heavy atom. The van der Waals surface area contributed by atoms with Crippen molar-refractivity contribution in [3.8, 4) is 0 Å². The van der Waals surface area contributed by atoms with Crippen molar-refractivity contribution >= 4 is 21.6 Å². The number of rotatable bonds is 2. The van der Waals surface area contributed by atoms with E-state index in [0.717, 1.165) is 50.8 Å². The summed E-state index contributed by atoms with van der Waals surface area (Å²) in [7, 11) is -2.97. The topological polar surface area (TPSA) is 78.4 Å². The second kappa shape index (κ2) is 6.09. The average Bonchev–Trinajstić information content (AvgIpc) is 2.88. The van der Waals surface area contributed by atoms with E-state index in [-0.39, 0.29) is 23.6 Å². The maximum Gasteiger partial charge on any atom is 0.227 e. The van der Waals surface area contributed by atoms with Crippen LogP contribution in [-0.4, -0.2) is 68.2 Å². The molecule has 8 heteroatoms. The molecule has 7 nitrogen and oxygen atoms in total. The number of nitrogens with zero attached hydrogens (tertiary/aromatic N) is 4. The Morgan fingerprint density at radius 2 is 1.96 bits per heavy atom. The molecule has 1 N–H and O–H groups in total.